The maximum atomic E-state index is 12.1. The first-order valence-electron chi connectivity index (χ1n) is 6.75. The van der Waals surface area contributed by atoms with E-state index in [0.29, 0.717) is 18.4 Å². The molecule has 1 aliphatic rings. The molecule has 0 aliphatic carbocycles. The molecule has 2 N–H and O–H groups in total. The van der Waals surface area contributed by atoms with Crippen molar-refractivity contribution in [3.05, 3.63) is 0 Å². The number of nitrogens with zero attached hydrogens (tertiary/aromatic N) is 2. The van der Waals surface area contributed by atoms with E-state index < -0.39 is 0 Å². The minimum Gasteiger partial charge on any atom is -0.341 e. The molecule has 0 bridgehead atoms. The molecule has 1 heterocycles. The van der Waals surface area contributed by atoms with E-state index >= 15 is 0 Å². The average molecular weight is 241 g/mol. The Morgan fingerprint density at radius 1 is 1.53 bits per heavy atom. The van der Waals surface area contributed by atoms with Crippen LogP contribution in [-0.4, -0.2) is 54.5 Å². The Hall–Kier alpha value is -0.610. The third-order valence-electron chi connectivity index (χ3n) is 3.99. The van der Waals surface area contributed by atoms with Gasteiger partial charge in [-0.1, -0.05) is 20.8 Å². The van der Waals surface area contributed by atoms with Crippen molar-refractivity contribution in [3.63, 3.8) is 0 Å². The summed E-state index contributed by atoms with van der Waals surface area (Å²) in [5.41, 5.74) is 5.82. The number of likely N-dealkylation sites (tertiary alicyclic amines) is 1. The third kappa shape index (κ3) is 3.42. The van der Waals surface area contributed by atoms with E-state index in [1.165, 1.54) is 0 Å². The first-order chi connectivity index (χ1) is 8.01. The summed E-state index contributed by atoms with van der Waals surface area (Å²) in [6.45, 7) is 9.65. The largest absolute Gasteiger partial charge is 0.341 e. The Morgan fingerprint density at radius 2 is 2.18 bits per heavy atom. The molecule has 0 aromatic heterocycles. The van der Waals surface area contributed by atoms with Crippen molar-refractivity contribution in [2.45, 2.75) is 45.7 Å². The van der Waals surface area contributed by atoms with Crippen LogP contribution in [0.2, 0.25) is 0 Å². The van der Waals surface area contributed by atoms with Crippen molar-refractivity contribution in [3.8, 4) is 0 Å². The van der Waals surface area contributed by atoms with Crippen LogP contribution in [0.25, 0.3) is 0 Å². The fraction of sp³-hybridized carbons (Fsp3) is 0.923. The highest BCUT2D eigenvalue weighted by atomic mass is 16.2. The number of hydrogen-bond donors (Lipinski definition) is 1. The minimum atomic E-state index is -0.337. The normalized spacial score (nSPS) is 27.8. The fourth-order valence-electron chi connectivity index (χ4n) is 2.68. The van der Waals surface area contributed by atoms with Crippen molar-refractivity contribution in [2.24, 2.45) is 11.7 Å². The number of rotatable bonds is 4. The fourth-order valence-corrected chi connectivity index (χ4v) is 2.68. The Kier molecular flexibility index (Phi) is 5.40. The van der Waals surface area contributed by atoms with Gasteiger partial charge in [0, 0.05) is 26.2 Å². The van der Waals surface area contributed by atoms with Gasteiger partial charge in [0.05, 0.1) is 6.04 Å². The van der Waals surface area contributed by atoms with E-state index in [-0.39, 0.29) is 11.9 Å². The number of carbonyl (C=O) groups excluding carboxylic acids is 1. The molecular weight excluding hydrogens is 214 g/mol. The van der Waals surface area contributed by atoms with E-state index in [0.717, 1.165) is 26.1 Å². The third-order valence-corrected chi connectivity index (χ3v) is 3.99. The predicted octanol–water partition coefficient (Wildman–Crippen LogP) is 0.912. The van der Waals surface area contributed by atoms with Gasteiger partial charge in [0.2, 0.25) is 5.91 Å². The molecule has 4 heteroatoms. The zero-order chi connectivity index (χ0) is 13.0. The molecule has 0 unspecified atom stereocenters. The van der Waals surface area contributed by atoms with Crippen molar-refractivity contribution in [2.75, 3.05) is 26.7 Å². The van der Waals surface area contributed by atoms with E-state index in [1.807, 2.05) is 18.9 Å². The smallest absolute Gasteiger partial charge is 0.239 e. The molecule has 4 nitrogen and oxygen atoms in total. The highest BCUT2D eigenvalue weighted by molar-refractivity contribution is 5.81. The summed E-state index contributed by atoms with van der Waals surface area (Å²) in [6.07, 6.45) is 1.78. The van der Waals surface area contributed by atoms with Crippen LogP contribution in [0.5, 0.6) is 0 Å². The molecule has 17 heavy (non-hydrogen) atoms. The lowest BCUT2D eigenvalue weighted by Gasteiger charge is -2.41. The van der Waals surface area contributed by atoms with Crippen LogP contribution >= 0.6 is 0 Å². The van der Waals surface area contributed by atoms with Gasteiger partial charge in [-0.15, -0.1) is 0 Å². The first-order valence-corrected chi connectivity index (χ1v) is 6.75. The van der Waals surface area contributed by atoms with Crippen molar-refractivity contribution in [1.82, 2.24) is 9.80 Å². The van der Waals surface area contributed by atoms with Gasteiger partial charge in [-0.05, 0) is 25.3 Å². The highest BCUT2D eigenvalue weighted by Crippen LogP contribution is 2.21. The number of carbonyl (C=O) groups is 1. The van der Waals surface area contributed by atoms with Gasteiger partial charge < -0.3 is 15.5 Å². The predicted molar refractivity (Wildman–Crippen MR) is 70.7 cm³/mol. The Labute approximate surface area is 105 Å². The van der Waals surface area contributed by atoms with Crippen LogP contribution in [-0.2, 0) is 4.79 Å². The van der Waals surface area contributed by atoms with E-state index in [9.17, 15) is 4.79 Å². The van der Waals surface area contributed by atoms with E-state index in [2.05, 4.69) is 18.7 Å². The van der Waals surface area contributed by atoms with Gasteiger partial charge in [-0.25, -0.2) is 0 Å². The minimum absolute atomic E-state index is 0.0919. The number of nitrogens with two attached hydrogens (primary N) is 1. The molecule has 1 amide bonds. The van der Waals surface area contributed by atoms with E-state index in [1.54, 1.807) is 0 Å². The molecule has 1 saturated heterocycles. The number of amides is 1. The summed E-state index contributed by atoms with van der Waals surface area (Å²) < 4.78 is 0. The molecule has 1 rings (SSSR count). The lowest BCUT2D eigenvalue weighted by Crippen LogP contribution is -2.53. The second kappa shape index (κ2) is 6.36. The van der Waals surface area contributed by atoms with Crippen LogP contribution in [0.3, 0.4) is 0 Å². The molecule has 3 atom stereocenters. The van der Waals surface area contributed by atoms with E-state index in [4.69, 9.17) is 5.73 Å². The second-order valence-corrected chi connectivity index (χ2v) is 5.19. The summed E-state index contributed by atoms with van der Waals surface area (Å²) in [4.78, 5) is 16.4. The zero-order valence-corrected chi connectivity index (χ0v) is 11.6. The summed E-state index contributed by atoms with van der Waals surface area (Å²) in [5.74, 6) is 0.621. The molecule has 0 aromatic carbocycles. The van der Waals surface area contributed by atoms with Gasteiger partial charge in [0.25, 0.3) is 0 Å². The quantitative estimate of drug-likeness (QED) is 0.796. The lowest BCUT2D eigenvalue weighted by molar-refractivity contribution is -0.135. The summed E-state index contributed by atoms with van der Waals surface area (Å²) in [5, 5.41) is 0. The standard InChI is InChI=1S/C13H27N3O/c1-5-11(14)13(17)15(4)12-7-8-16(6-2)9-10(12)3/h10-12H,5-9,14H2,1-4H3/t10-,11+,12-/m1/s1. The summed E-state index contributed by atoms with van der Waals surface area (Å²) >= 11 is 0. The SMILES string of the molecule is CC[C@H](N)C(=O)N(C)[C@@H]1CCN(CC)C[C@H]1C. The lowest BCUT2D eigenvalue weighted by atomic mass is 9.92. The van der Waals surface area contributed by atoms with Gasteiger partial charge in [-0.3, -0.25) is 4.79 Å². The molecule has 0 aromatic rings. The van der Waals surface area contributed by atoms with Crippen LogP contribution < -0.4 is 5.73 Å². The monoisotopic (exact) mass is 241 g/mol. The van der Waals surface area contributed by atoms with Crippen molar-refractivity contribution < 1.29 is 4.79 Å². The topological polar surface area (TPSA) is 49.6 Å². The number of hydrogen-bond acceptors (Lipinski definition) is 3. The van der Waals surface area contributed by atoms with Crippen LogP contribution in [0, 0.1) is 5.92 Å². The summed E-state index contributed by atoms with van der Waals surface area (Å²) in [7, 11) is 1.90. The molecule has 100 valence electrons. The Balaban J connectivity index is 2.58. The molecule has 0 radical (unpaired) electrons. The molecule has 0 spiro atoms. The first kappa shape index (κ1) is 14.5. The average Bonchev–Trinajstić information content (AvgIpc) is 2.35. The molecular formula is C13H27N3O. The molecule has 1 aliphatic heterocycles. The van der Waals surface area contributed by atoms with Crippen LogP contribution in [0.15, 0.2) is 0 Å². The summed E-state index contributed by atoms with van der Waals surface area (Å²) in [6, 6.07) is 0.0132. The van der Waals surface area contributed by atoms with Crippen LogP contribution in [0.1, 0.15) is 33.6 Å². The number of likely N-dealkylation sites (N-methyl/N-ethyl adjacent to an activating group) is 1. The van der Waals surface area contributed by atoms with Gasteiger partial charge in [0.15, 0.2) is 0 Å². The highest BCUT2D eigenvalue weighted by Gasteiger charge is 2.31. The molecule has 1 fully saturated rings. The van der Waals surface area contributed by atoms with Crippen LogP contribution in [0.4, 0.5) is 0 Å². The van der Waals surface area contributed by atoms with Gasteiger partial charge in [0.1, 0.15) is 0 Å². The second-order valence-electron chi connectivity index (χ2n) is 5.19. The Morgan fingerprint density at radius 3 is 2.65 bits per heavy atom. The number of piperidine rings is 1. The van der Waals surface area contributed by atoms with Gasteiger partial charge >= 0.3 is 0 Å². The maximum absolute atomic E-state index is 12.1. The molecule has 0 saturated carbocycles. The van der Waals surface area contributed by atoms with Crippen molar-refractivity contribution in [1.29, 1.82) is 0 Å². The Bertz CT molecular complexity index is 257. The van der Waals surface area contributed by atoms with Crippen molar-refractivity contribution >= 4 is 5.91 Å². The maximum Gasteiger partial charge on any atom is 0.239 e. The van der Waals surface area contributed by atoms with Gasteiger partial charge in [-0.2, -0.15) is 0 Å². The zero-order valence-electron chi connectivity index (χ0n) is 11.6.